The molecule has 0 amide bonds. The van der Waals surface area contributed by atoms with Gasteiger partial charge in [-0.05, 0) is 30.2 Å². The van der Waals surface area contributed by atoms with Gasteiger partial charge in [0.05, 0.1) is 12.2 Å². The summed E-state index contributed by atoms with van der Waals surface area (Å²) in [5, 5.41) is 8.64. The third kappa shape index (κ3) is 4.34. The maximum atomic E-state index is 13.8. The Morgan fingerprint density at radius 2 is 2.00 bits per heavy atom. The van der Waals surface area contributed by atoms with Crippen LogP contribution in [0.1, 0.15) is 23.1 Å². The zero-order valence-electron chi connectivity index (χ0n) is 11.9. The number of ether oxygens (including phenoxy) is 1. The molecule has 21 heavy (non-hydrogen) atoms. The van der Waals surface area contributed by atoms with Crippen LogP contribution in [0.25, 0.3) is 0 Å². The third-order valence-electron chi connectivity index (χ3n) is 3.06. The van der Waals surface area contributed by atoms with Crippen molar-refractivity contribution in [3.63, 3.8) is 0 Å². The summed E-state index contributed by atoms with van der Waals surface area (Å²) in [5.41, 5.74) is 2.53. The molecular formula is C18H17FO2. The number of aryl methyl sites for hydroxylation is 1. The minimum absolute atomic E-state index is 0.0216. The Labute approximate surface area is 124 Å². The lowest BCUT2D eigenvalue weighted by atomic mass is 10.1. The molecule has 0 heterocycles. The molecule has 0 fully saturated rings. The van der Waals surface area contributed by atoms with Gasteiger partial charge < -0.3 is 9.84 Å². The normalized spacial score (nSPS) is 9.86. The molecule has 108 valence electrons. The summed E-state index contributed by atoms with van der Waals surface area (Å²) in [6.07, 6.45) is 0.338. The van der Waals surface area contributed by atoms with Gasteiger partial charge in [-0.3, -0.25) is 0 Å². The molecule has 2 aromatic rings. The van der Waals surface area contributed by atoms with Crippen molar-refractivity contribution < 1.29 is 14.2 Å². The van der Waals surface area contributed by atoms with Gasteiger partial charge in [-0.2, -0.15) is 0 Å². The van der Waals surface area contributed by atoms with Crippen LogP contribution in [-0.4, -0.2) is 11.7 Å². The number of benzene rings is 2. The second-order valence-electron chi connectivity index (χ2n) is 4.63. The van der Waals surface area contributed by atoms with Crippen LogP contribution >= 0.6 is 0 Å². The molecule has 1 N–H and O–H groups in total. The van der Waals surface area contributed by atoms with Crippen LogP contribution in [0.15, 0.2) is 42.5 Å². The highest BCUT2D eigenvalue weighted by Gasteiger charge is 2.03. The van der Waals surface area contributed by atoms with Crippen molar-refractivity contribution in [2.24, 2.45) is 0 Å². The van der Waals surface area contributed by atoms with Gasteiger partial charge in [0.25, 0.3) is 0 Å². The molecule has 0 unspecified atom stereocenters. The smallest absolute Gasteiger partial charge is 0.142 e. The van der Waals surface area contributed by atoms with Crippen molar-refractivity contribution in [1.29, 1.82) is 0 Å². The second-order valence-corrected chi connectivity index (χ2v) is 4.63. The molecule has 3 heteroatoms. The number of hydrogen-bond acceptors (Lipinski definition) is 2. The van der Waals surface area contributed by atoms with E-state index in [-0.39, 0.29) is 6.61 Å². The fourth-order valence-corrected chi connectivity index (χ4v) is 1.83. The molecule has 0 aliphatic heterocycles. The lowest BCUT2D eigenvalue weighted by molar-refractivity contribution is 0.303. The maximum Gasteiger partial charge on any atom is 0.142 e. The second kappa shape index (κ2) is 7.47. The van der Waals surface area contributed by atoms with Gasteiger partial charge >= 0.3 is 0 Å². The van der Waals surface area contributed by atoms with E-state index in [0.717, 1.165) is 11.1 Å². The van der Waals surface area contributed by atoms with E-state index in [2.05, 4.69) is 11.8 Å². The van der Waals surface area contributed by atoms with E-state index < -0.39 is 5.82 Å². The lowest BCUT2D eigenvalue weighted by Gasteiger charge is -2.09. The Balaban J connectivity index is 2.04. The van der Waals surface area contributed by atoms with Crippen LogP contribution < -0.4 is 4.74 Å². The largest absolute Gasteiger partial charge is 0.489 e. The van der Waals surface area contributed by atoms with Crippen molar-refractivity contribution in [2.45, 2.75) is 20.0 Å². The molecule has 2 nitrogen and oxygen atoms in total. The summed E-state index contributed by atoms with van der Waals surface area (Å²) in [6.45, 7) is 2.40. The van der Waals surface area contributed by atoms with Gasteiger partial charge in [-0.25, -0.2) is 4.39 Å². The van der Waals surface area contributed by atoms with Gasteiger partial charge in [0, 0.05) is 12.5 Å². The average molecular weight is 284 g/mol. The topological polar surface area (TPSA) is 29.5 Å². The first-order chi connectivity index (χ1) is 10.2. The van der Waals surface area contributed by atoms with E-state index in [1.807, 2.05) is 31.2 Å². The molecule has 2 aromatic carbocycles. The van der Waals surface area contributed by atoms with Crippen LogP contribution in [0.2, 0.25) is 0 Å². The Hall–Kier alpha value is -2.31. The summed E-state index contributed by atoms with van der Waals surface area (Å²) < 4.78 is 19.4. The highest BCUT2D eigenvalue weighted by atomic mass is 19.1. The molecule has 0 bridgehead atoms. The van der Waals surface area contributed by atoms with Gasteiger partial charge in [-0.15, -0.1) is 0 Å². The molecule has 0 spiro atoms. The average Bonchev–Trinajstić information content (AvgIpc) is 2.49. The van der Waals surface area contributed by atoms with E-state index in [9.17, 15) is 4.39 Å². The summed E-state index contributed by atoms with van der Waals surface area (Å²) in [6, 6.07) is 12.5. The van der Waals surface area contributed by atoms with Gasteiger partial charge in [-0.1, -0.05) is 36.1 Å². The third-order valence-corrected chi connectivity index (χ3v) is 3.06. The van der Waals surface area contributed by atoms with E-state index in [1.54, 1.807) is 12.1 Å². The number of aliphatic hydroxyl groups excluding tert-OH is 1. The van der Waals surface area contributed by atoms with Crippen LogP contribution in [-0.2, 0) is 6.61 Å². The van der Waals surface area contributed by atoms with E-state index in [4.69, 9.17) is 9.84 Å². The molecule has 0 saturated carbocycles. The van der Waals surface area contributed by atoms with Crippen molar-refractivity contribution in [1.82, 2.24) is 0 Å². The standard InChI is InChI=1S/C18H17FO2/c1-14-6-2-3-8-16(14)13-21-17-10-9-15(18(19)12-17)7-4-5-11-20/h2-3,6,8-10,12,20H,5,11,13H2,1H3. The minimum Gasteiger partial charge on any atom is -0.489 e. The zero-order valence-corrected chi connectivity index (χ0v) is 11.9. The fourth-order valence-electron chi connectivity index (χ4n) is 1.83. The first-order valence-corrected chi connectivity index (χ1v) is 6.77. The van der Waals surface area contributed by atoms with Crippen LogP contribution in [0.3, 0.4) is 0 Å². The molecule has 0 atom stereocenters. The molecule has 0 saturated heterocycles. The SMILES string of the molecule is Cc1ccccc1COc1ccc(C#CCCO)c(F)c1. The quantitative estimate of drug-likeness (QED) is 0.871. The van der Waals surface area contributed by atoms with Crippen LogP contribution in [0, 0.1) is 24.6 Å². The Morgan fingerprint density at radius 1 is 1.19 bits per heavy atom. The summed E-state index contributed by atoms with van der Waals surface area (Å²) in [4.78, 5) is 0. The van der Waals surface area contributed by atoms with Crippen LogP contribution in [0.5, 0.6) is 5.75 Å². The van der Waals surface area contributed by atoms with E-state index >= 15 is 0 Å². The Bertz CT molecular complexity index is 668. The molecule has 0 aliphatic rings. The highest BCUT2D eigenvalue weighted by molar-refractivity contribution is 5.40. The summed E-state index contributed by atoms with van der Waals surface area (Å²) in [5.74, 6) is 5.44. The molecule has 0 aromatic heterocycles. The maximum absolute atomic E-state index is 13.8. The van der Waals surface area contributed by atoms with Crippen molar-refractivity contribution in [3.8, 4) is 17.6 Å². The zero-order chi connectivity index (χ0) is 15.1. The van der Waals surface area contributed by atoms with Gasteiger partial charge in [0.2, 0.25) is 0 Å². The monoisotopic (exact) mass is 284 g/mol. The fraction of sp³-hybridized carbons (Fsp3) is 0.222. The van der Waals surface area contributed by atoms with E-state index in [0.29, 0.717) is 24.3 Å². The first-order valence-electron chi connectivity index (χ1n) is 6.77. The van der Waals surface area contributed by atoms with Gasteiger partial charge in [0.15, 0.2) is 0 Å². The number of aliphatic hydroxyl groups is 1. The van der Waals surface area contributed by atoms with Crippen molar-refractivity contribution >= 4 is 0 Å². The van der Waals surface area contributed by atoms with E-state index in [1.165, 1.54) is 6.07 Å². The summed E-state index contributed by atoms with van der Waals surface area (Å²) in [7, 11) is 0. The Morgan fingerprint density at radius 3 is 2.71 bits per heavy atom. The molecular weight excluding hydrogens is 267 g/mol. The molecule has 2 rings (SSSR count). The number of hydrogen-bond donors (Lipinski definition) is 1. The number of halogens is 1. The molecule has 0 aliphatic carbocycles. The van der Waals surface area contributed by atoms with Crippen LogP contribution in [0.4, 0.5) is 4.39 Å². The predicted octanol–water partition coefficient (Wildman–Crippen LogP) is 3.45. The van der Waals surface area contributed by atoms with Gasteiger partial charge in [0.1, 0.15) is 18.2 Å². The first kappa shape index (κ1) is 15.1. The minimum atomic E-state index is -0.414. The highest BCUT2D eigenvalue weighted by Crippen LogP contribution is 2.18. The van der Waals surface area contributed by atoms with Crippen molar-refractivity contribution in [2.75, 3.05) is 6.61 Å². The van der Waals surface area contributed by atoms with Crippen molar-refractivity contribution in [3.05, 3.63) is 65.0 Å². The molecule has 0 radical (unpaired) electrons. The Kier molecular flexibility index (Phi) is 5.36. The number of rotatable bonds is 4. The summed E-state index contributed by atoms with van der Waals surface area (Å²) >= 11 is 0. The predicted molar refractivity (Wildman–Crippen MR) is 80.5 cm³/mol. The lowest BCUT2D eigenvalue weighted by Crippen LogP contribution is -1.98.